The van der Waals surface area contributed by atoms with Gasteiger partial charge in [-0.1, -0.05) is 42.5 Å². The first-order valence-electron chi connectivity index (χ1n) is 10.2. The third-order valence-corrected chi connectivity index (χ3v) is 5.55. The molecule has 0 fully saturated rings. The fraction of sp³-hybridized carbons (Fsp3) is 0.208. The first-order chi connectivity index (χ1) is 15.1. The molecule has 156 valence electrons. The van der Waals surface area contributed by atoms with Crippen LogP contribution in [0.1, 0.15) is 42.3 Å². The van der Waals surface area contributed by atoms with Crippen LogP contribution >= 0.6 is 0 Å². The molecule has 0 amide bonds. The molecule has 3 aromatic rings. The third-order valence-electron chi connectivity index (χ3n) is 5.55. The molecular weight excluding hydrogens is 394 g/mol. The summed E-state index contributed by atoms with van der Waals surface area (Å²) in [4.78, 5) is 10.9. The maximum absolute atomic E-state index is 11.3. The molecule has 2 aliphatic heterocycles. The van der Waals surface area contributed by atoms with Gasteiger partial charge in [-0.15, -0.1) is 0 Å². The van der Waals surface area contributed by atoms with Crippen LogP contribution < -0.4 is 9.47 Å². The highest BCUT2D eigenvalue weighted by molar-refractivity contribution is 6.01. The minimum absolute atomic E-state index is 0.0293. The van der Waals surface area contributed by atoms with Gasteiger partial charge in [0.25, 0.3) is 5.69 Å². The molecule has 0 saturated carbocycles. The highest BCUT2D eigenvalue weighted by atomic mass is 16.6. The molecule has 31 heavy (non-hydrogen) atoms. The van der Waals surface area contributed by atoms with E-state index in [1.54, 1.807) is 12.1 Å². The maximum atomic E-state index is 11.3. The van der Waals surface area contributed by atoms with Crippen molar-refractivity contribution in [2.24, 2.45) is 5.10 Å². The van der Waals surface area contributed by atoms with E-state index >= 15 is 0 Å². The van der Waals surface area contributed by atoms with Crippen LogP contribution in [-0.2, 0) is 0 Å². The van der Waals surface area contributed by atoms with Gasteiger partial charge in [0.1, 0.15) is 11.5 Å². The van der Waals surface area contributed by atoms with Gasteiger partial charge >= 0.3 is 0 Å². The van der Waals surface area contributed by atoms with E-state index in [-0.39, 0.29) is 11.7 Å². The Morgan fingerprint density at radius 3 is 2.74 bits per heavy atom. The van der Waals surface area contributed by atoms with Crippen LogP contribution in [0, 0.1) is 10.1 Å². The number of benzene rings is 3. The number of ether oxygens (including phenoxy) is 2. The Kier molecular flexibility index (Phi) is 4.78. The zero-order valence-corrected chi connectivity index (χ0v) is 17.0. The number of hydrogen-bond donors (Lipinski definition) is 0. The third kappa shape index (κ3) is 3.48. The van der Waals surface area contributed by atoms with E-state index in [1.807, 2.05) is 66.5 Å². The van der Waals surface area contributed by atoms with E-state index in [0.29, 0.717) is 18.6 Å². The molecule has 2 aliphatic rings. The van der Waals surface area contributed by atoms with Gasteiger partial charge in [0.15, 0.2) is 0 Å². The summed E-state index contributed by atoms with van der Waals surface area (Å²) in [7, 11) is 0. The standard InChI is InChI=1S/C24H21N3O4/c1-2-30-19-11-12-23-20(14-19)22-15-21(16-7-4-3-5-8-16)25-26(22)24(31-23)17-9-6-10-18(13-17)27(28)29/h3-14,22,24H,2,15H2,1H3/t22-,24+/m0/s1. The summed E-state index contributed by atoms with van der Waals surface area (Å²) in [5, 5.41) is 18.1. The first-order valence-corrected chi connectivity index (χ1v) is 10.2. The molecule has 7 nitrogen and oxygen atoms in total. The summed E-state index contributed by atoms with van der Waals surface area (Å²) in [6.45, 7) is 2.53. The Bertz CT molecular complexity index is 1160. The topological polar surface area (TPSA) is 77.2 Å². The van der Waals surface area contributed by atoms with Gasteiger partial charge in [0, 0.05) is 29.7 Å². The van der Waals surface area contributed by atoms with Gasteiger partial charge in [-0.25, -0.2) is 5.01 Å². The van der Waals surface area contributed by atoms with E-state index < -0.39 is 11.2 Å². The van der Waals surface area contributed by atoms with E-state index in [9.17, 15) is 10.1 Å². The van der Waals surface area contributed by atoms with Crippen LogP contribution in [0.5, 0.6) is 11.5 Å². The van der Waals surface area contributed by atoms with Gasteiger partial charge in [-0.3, -0.25) is 10.1 Å². The molecule has 5 rings (SSSR count). The number of hydrogen-bond acceptors (Lipinski definition) is 6. The van der Waals surface area contributed by atoms with Crippen molar-refractivity contribution < 1.29 is 14.4 Å². The van der Waals surface area contributed by atoms with Gasteiger partial charge in [0.05, 0.1) is 23.3 Å². The van der Waals surface area contributed by atoms with Crippen LogP contribution in [0.4, 0.5) is 5.69 Å². The lowest BCUT2D eigenvalue weighted by atomic mass is 9.95. The smallest absolute Gasteiger partial charge is 0.269 e. The largest absolute Gasteiger partial charge is 0.494 e. The Labute approximate surface area is 179 Å². The van der Waals surface area contributed by atoms with Crippen LogP contribution in [0.15, 0.2) is 77.9 Å². The molecular formula is C24H21N3O4. The number of rotatable bonds is 5. The lowest BCUT2D eigenvalue weighted by Crippen LogP contribution is -2.33. The summed E-state index contributed by atoms with van der Waals surface area (Å²) in [6, 6.07) is 22.3. The molecule has 0 bridgehead atoms. The lowest BCUT2D eigenvalue weighted by molar-refractivity contribution is -0.385. The molecule has 0 saturated heterocycles. The predicted molar refractivity (Wildman–Crippen MR) is 116 cm³/mol. The Morgan fingerprint density at radius 1 is 1.13 bits per heavy atom. The second-order valence-corrected chi connectivity index (χ2v) is 7.47. The number of nitro benzene ring substituents is 1. The zero-order chi connectivity index (χ0) is 21.4. The normalized spacial score (nSPS) is 19.1. The van der Waals surface area contributed by atoms with Crippen molar-refractivity contribution in [1.82, 2.24) is 5.01 Å². The molecule has 0 radical (unpaired) electrons. The van der Waals surface area contributed by atoms with E-state index in [2.05, 4.69) is 0 Å². The van der Waals surface area contributed by atoms with Gasteiger partial charge in [-0.05, 0) is 30.7 Å². The molecule has 0 unspecified atom stereocenters. The van der Waals surface area contributed by atoms with E-state index in [1.165, 1.54) is 6.07 Å². The van der Waals surface area contributed by atoms with Crippen molar-refractivity contribution in [2.45, 2.75) is 25.6 Å². The Hall–Kier alpha value is -3.87. The SMILES string of the molecule is CCOc1ccc2c(c1)[C@@H]1CC(c3ccccc3)=NN1[C@@H](c1cccc([N+](=O)[O-])c1)O2. The highest BCUT2D eigenvalue weighted by Crippen LogP contribution is 2.48. The van der Waals surface area contributed by atoms with Crippen molar-refractivity contribution in [3.63, 3.8) is 0 Å². The number of non-ortho nitro benzene ring substituents is 1. The number of hydrazone groups is 1. The van der Waals surface area contributed by atoms with Crippen molar-refractivity contribution >= 4 is 11.4 Å². The van der Waals surface area contributed by atoms with Crippen molar-refractivity contribution in [3.05, 3.63) is 99.6 Å². The number of fused-ring (bicyclic) bond motifs is 3. The minimum atomic E-state index is -0.559. The predicted octanol–water partition coefficient (Wildman–Crippen LogP) is 5.24. The Morgan fingerprint density at radius 2 is 1.97 bits per heavy atom. The van der Waals surface area contributed by atoms with Crippen LogP contribution in [-0.4, -0.2) is 22.3 Å². The van der Waals surface area contributed by atoms with E-state index in [0.717, 1.165) is 28.3 Å². The van der Waals surface area contributed by atoms with Gasteiger partial charge in [0.2, 0.25) is 6.23 Å². The fourth-order valence-electron chi connectivity index (χ4n) is 4.14. The molecule has 0 aromatic heterocycles. The van der Waals surface area contributed by atoms with Crippen molar-refractivity contribution in [2.75, 3.05) is 6.61 Å². The molecule has 0 spiro atoms. The maximum Gasteiger partial charge on any atom is 0.269 e. The molecule has 2 heterocycles. The molecule has 2 atom stereocenters. The minimum Gasteiger partial charge on any atom is -0.494 e. The molecule has 7 heteroatoms. The van der Waals surface area contributed by atoms with E-state index in [4.69, 9.17) is 14.6 Å². The summed E-state index contributed by atoms with van der Waals surface area (Å²) < 4.78 is 12.0. The molecule has 3 aromatic carbocycles. The average Bonchev–Trinajstić information content (AvgIpc) is 3.25. The lowest BCUT2D eigenvalue weighted by Gasteiger charge is -2.38. The molecule has 0 aliphatic carbocycles. The fourth-order valence-corrected chi connectivity index (χ4v) is 4.14. The summed E-state index contributed by atoms with van der Waals surface area (Å²) in [5.41, 5.74) is 3.73. The highest BCUT2D eigenvalue weighted by Gasteiger charge is 2.41. The Balaban J connectivity index is 1.60. The second kappa shape index (κ2) is 7.75. The first kappa shape index (κ1) is 19.1. The van der Waals surface area contributed by atoms with Crippen molar-refractivity contribution in [3.8, 4) is 11.5 Å². The van der Waals surface area contributed by atoms with Crippen LogP contribution in [0.3, 0.4) is 0 Å². The van der Waals surface area contributed by atoms with Crippen LogP contribution in [0.2, 0.25) is 0 Å². The second-order valence-electron chi connectivity index (χ2n) is 7.47. The average molecular weight is 415 g/mol. The summed E-state index contributed by atoms with van der Waals surface area (Å²) in [5.74, 6) is 1.53. The van der Waals surface area contributed by atoms with Crippen LogP contribution in [0.25, 0.3) is 0 Å². The zero-order valence-electron chi connectivity index (χ0n) is 17.0. The van der Waals surface area contributed by atoms with Gasteiger partial charge in [-0.2, -0.15) is 5.10 Å². The van der Waals surface area contributed by atoms with Crippen molar-refractivity contribution in [1.29, 1.82) is 0 Å². The quantitative estimate of drug-likeness (QED) is 0.421. The summed E-state index contributed by atoms with van der Waals surface area (Å²) in [6.07, 6.45) is 0.151. The number of nitro groups is 1. The van der Waals surface area contributed by atoms with Gasteiger partial charge < -0.3 is 9.47 Å². The monoisotopic (exact) mass is 415 g/mol. The summed E-state index contributed by atoms with van der Waals surface area (Å²) >= 11 is 0. The number of nitrogens with zero attached hydrogens (tertiary/aromatic N) is 3. The molecule has 0 N–H and O–H groups in total.